The van der Waals surface area contributed by atoms with Crippen molar-refractivity contribution in [3.63, 3.8) is 0 Å². The van der Waals surface area contributed by atoms with Gasteiger partial charge in [-0.3, -0.25) is 9.80 Å². The number of ether oxygens (including phenoxy) is 2. The van der Waals surface area contributed by atoms with Gasteiger partial charge in [-0.15, -0.1) is 0 Å². The number of unbranched alkanes of at least 4 members (excludes halogenated alkanes) is 12. The van der Waals surface area contributed by atoms with Gasteiger partial charge < -0.3 is 9.47 Å². The molecular formula is C36H60N2O2. The van der Waals surface area contributed by atoms with E-state index < -0.39 is 0 Å². The molecule has 2 aromatic carbocycles. The van der Waals surface area contributed by atoms with Crippen LogP contribution in [-0.2, 0) is 22.7 Å². The molecule has 0 saturated heterocycles. The molecule has 0 N–H and O–H groups in total. The number of rotatable bonds is 25. The number of benzene rings is 2. The fraction of sp³-hybridized carbons (Fsp3) is 0.667. The standard InChI is InChI=1S/C36H60N2O2/c1-5-7-9-11-13-15-21-27-37(3)31-39-29-33-23-17-19-25-35(33)36-26-20-18-24-34(36)30-40-32-38(4)28-22-16-14-12-10-8-6-2/h17-20,23-26H,5-16,21-22,27-32H2,1-4H3. The highest BCUT2D eigenvalue weighted by atomic mass is 16.5. The zero-order chi connectivity index (χ0) is 28.7. The second kappa shape index (κ2) is 22.9. The maximum Gasteiger partial charge on any atom is 0.0992 e. The van der Waals surface area contributed by atoms with Crippen LogP contribution < -0.4 is 0 Å². The van der Waals surface area contributed by atoms with Gasteiger partial charge in [0, 0.05) is 0 Å². The van der Waals surface area contributed by atoms with Gasteiger partial charge in [-0.25, -0.2) is 0 Å². The smallest absolute Gasteiger partial charge is 0.0992 e. The molecule has 0 aliphatic rings. The minimum atomic E-state index is 0.619. The third kappa shape index (κ3) is 15.3. The minimum Gasteiger partial charge on any atom is -0.361 e. The molecule has 0 aromatic heterocycles. The van der Waals surface area contributed by atoms with E-state index in [0.29, 0.717) is 26.7 Å². The highest BCUT2D eigenvalue weighted by molar-refractivity contribution is 5.70. The summed E-state index contributed by atoms with van der Waals surface area (Å²) in [6.45, 7) is 9.33. The van der Waals surface area contributed by atoms with E-state index in [1.807, 2.05) is 0 Å². The highest BCUT2D eigenvalue weighted by Crippen LogP contribution is 2.28. The number of hydrogen-bond donors (Lipinski definition) is 0. The van der Waals surface area contributed by atoms with Crippen molar-refractivity contribution in [1.29, 1.82) is 0 Å². The lowest BCUT2D eigenvalue weighted by Gasteiger charge is -2.19. The molecule has 0 amide bonds. The Morgan fingerprint density at radius 3 is 1.23 bits per heavy atom. The van der Waals surface area contributed by atoms with E-state index in [4.69, 9.17) is 9.47 Å². The molecule has 0 unspecified atom stereocenters. The first-order valence-electron chi connectivity index (χ1n) is 16.3. The van der Waals surface area contributed by atoms with Gasteiger partial charge in [-0.05, 0) is 62.3 Å². The Balaban J connectivity index is 1.75. The zero-order valence-corrected chi connectivity index (χ0v) is 26.5. The molecule has 4 nitrogen and oxygen atoms in total. The van der Waals surface area contributed by atoms with Gasteiger partial charge >= 0.3 is 0 Å². The molecule has 0 atom stereocenters. The summed E-state index contributed by atoms with van der Waals surface area (Å²) in [5.74, 6) is 0. The molecule has 0 radical (unpaired) electrons. The summed E-state index contributed by atoms with van der Waals surface area (Å²) in [4.78, 5) is 4.61. The molecule has 0 spiro atoms. The van der Waals surface area contributed by atoms with Crippen molar-refractivity contribution in [3.05, 3.63) is 59.7 Å². The molecule has 4 heteroatoms. The van der Waals surface area contributed by atoms with Gasteiger partial charge in [0.2, 0.25) is 0 Å². The van der Waals surface area contributed by atoms with Crippen LogP contribution in [0.15, 0.2) is 48.5 Å². The van der Waals surface area contributed by atoms with Gasteiger partial charge in [-0.1, -0.05) is 139 Å². The largest absolute Gasteiger partial charge is 0.361 e. The molecule has 0 saturated carbocycles. The van der Waals surface area contributed by atoms with Gasteiger partial charge in [-0.2, -0.15) is 0 Å². The SMILES string of the molecule is CCCCCCCCCN(C)COCc1ccccc1-c1ccccc1COCN(C)CCCCCCCCC. The molecule has 40 heavy (non-hydrogen) atoms. The lowest BCUT2D eigenvalue weighted by Crippen LogP contribution is -2.23. The Morgan fingerprint density at radius 1 is 0.475 bits per heavy atom. The van der Waals surface area contributed by atoms with Crippen molar-refractivity contribution in [2.24, 2.45) is 0 Å². The van der Waals surface area contributed by atoms with E-state index in [-0.39, 0.29) is 0 Å². The molecule has 2 rings (SSSR count). The fourth-order valence-corrected chi connectivity index (χ4v) is 5.25. The molecule has 0 aliphatic carbocycles. The van der Waals surface area contributed by atoms with Gasteiger partial charge in [0.05, 0.1) is 26.7 Å². The van der Waals surface area contributed by atoms with Crippen LogP contribution in [0.4, 0.5) is 0 Å². The molecule has 0 aliphatic heterocycles. The minimum absolute atomic E-state index is 0.619. The predicted octanol–water partition coefficient (Wildman–Crippen LogP) is 9.67. The highest BCUT2D eigenvalue weighted by Gasteiger charge is 2.10. The first-order valence-corrected chi connectivity index (χ1v) is 16.3. The third-order valence-corrected chi connectivity index (χ3v) is 7.75. The van der Waals surface area contributed by atoms with Crippen LogP contribution in [0.2, 0.25) is 0 Å². The Morgan fingerprint density at radius 2 is 0.825 bits per heavy atom. The van der Waals surface area contributed by atoms with Crippen LogP contribution in [-0.4, -0.2) is 50.4 Å². The Bertz CT molecular complexity index is 800. The average Bonchev–Trinajstić information content (AvgIpc) is 2.97. The van der Waals surface area contributed by atoms with Gasteiger partial charge in [0.25, 0.3) is 0 Å². The second-order valence-corrected chi connectivity index (χ2v) is 11.7. The maximum absolute atomic E-state index is 6.17. The molecular weight excluding hydrogens is 492 g/mol. The summed E-state index contributed by atoms with van der Waals surface area (Å²) in [6, 6.07) is 17.3. The first kappa shape index (κ1) is 34.5. The van der Waals surface area contributed by atoms with Crippen LogP contribution >= 0.6 is 0 Å². The molecule has 0 bridgehead atoms. The number of hydrogen-bond acceptors (Lipinski definition) is 4. The average molecular weight is 553 g/mol. The predicted molar refractivity (Wildman–Crippen MR) is 172 cm³/mol. The molecule has 226 valence electrons. The fourth-order valence-electron chi connectivity index (χ4n) is 5.25. The second-order valence-electron chi connectivity index (χ2n) is 11.7. The van der Waals surface area contributed by atoms with Crippen molar-refractivity contribution in [1.82, 2.24) is 9.80 Å². The van der Waals surface area contributed by atoms with Crippen LogP contribution in [0, 0.1) is 0 Å². The van der Waals surface area contributed by atoms with Crippen molar-refractivity contribution in [3.8, 4) is 11.1 Å². The Kier molecular flexibility index (Phi) is 19.7. The third-order valence-electron chi connectivity index (χ3n) is 7.75. The van der Waals surface area contributed by atoms with E-state index in [1.54, 1.807) is 0 Å². The summed E-state index contributed by atoms with van der Waals surface area (Å²) in [5, 5.41) is 0. The molecule has 2 aromatic rings. The quantitative estimate of drug-likeness (QED) is 0.0904. The molecule has 0 fully saturated rings. The lowest BCUT2D eigenvalue weighted by atomic mass is 9.96. The van der Waals surface area contributed by atoms with Crippen molar-refractivity contribution in [2.75, 3.05) is 40.6 Å². The monoisotopic (exact) mass is 552 g/mol. The van der Waals surface area contributed by atoms with Crippen LogP contribution in [0.3, 0.4) is 0 Å². The van der Waals surface area contributed by atoms with Crippen LogP contribution in [0.5, 0.6) is 0 Å². The Labute approximate surface area is 247 Å². The van der Waals surface area contributed by atoms with Crippen molar-refractivity contribution in [2.45, 2.75) is 117 Å². The van der Waals surface area contributed by atoms with Gasteiger partial charge in [0.1, 0.15) is 0 Å². The summed E-state index contributed by atoms with van der Waals surface area (Å²) >= 11 is 0. The molecule has 0 heterocycles. The van der Waals surface area contributed by atoms with E-state index >= 15 is 0 Å². The van der Waals surface area contributed by atoms with E-state index in [0.717, 1.165) is 13.1 Å². The maximum atomic E-state index is 6.17. The van der Waals surface area contributed by atoms with Crippen LogP contribution in [0.1, 0.15) is 115 Å². The first-order chi connectivity index (χ1) is 19.7. The van der Waals surface area contributed by atoms with Crippen molar-refractivity contribution >= 4 is 0 Å². The normalized spacial score (nSPS) is 11.7. The summed E-state index contributed by atoms with van der Waals surface area (Å²) in [7, 11) is 4.33. The summed E-state index contributed by atoms with van der Waals surface area (Å²) in [5.41, 5.74) is 4.95. The summed E-state index contributed by atoms with van der Waals surface area (Å²) < 4.78 is 12.3. The van der Waals surface area contributed by atoms with Crippen LogP contribution in [0.25, 0.3) is 11.1 Å². The van der Waals surface area contributed by atoms with E-state index in [2.05, 4.69) is 86.3 Å². The lowest BCUT2D eigenvalue weighted by molar-refractivity contribution is 0.0311. The summed E-state index contributed by atoms with van der Waals surface area (Å²) in [6.07, 6.45) is 18.8. The van der Waals surface area contributed by atoms with E-state index in [1.165, 1.54) is 112 Å². The van der Waals surface area contributed by atoms with Crippen molar-refractivity contribution < 1.29 is 9.47 Å². The number of nitrogens with zero attached hydrogens (tertiary/aromatic N) is 2. The zero-order valence-electron chi connectivity index (χ0n) is 26.5. The van der Waals surface area contributed by atoms with Gasteiger partial charge in [0.15, 0.2) is 0 Å². The topological polar surface area (TPSA) is 24.9 Å². The van der Waals surface area contributed by atoms with E-state index in [9.17, 15) is 0 Å². The Hall–Kier alpha value is -1.72.